The molecule has 0 atom stereocenters. The maximum Gasteiger partial charge on any atom is 0.416 e. The van der Waals surface area contributed by atoms with E-state index in [2.05, 4.69) is 0 Å². The van der Waals surface area contributed by atoms with Gasteiger partial charge in [-0.05, 0) is 42.0 Å². The first-order valence-electron chi connectivity index (χ1n) is 5.20. The summed E-state index contributed by atoms with van der Waals surface area (Å²) in [7, 11) is 0. The summed E-state index contributed by atoms with van der Waals surface area (Å²) < 4.78 is 64.4. The Labute approximate surface area is 105 Å². The van der Waals surface area contributed by atoms with Crippen LogP contribution in [0.25, 0.3) is 11.1 Å². The summed E-state index contributed by atoms with van der Waals surface area (Å²) in [5.41, 5.74) is 3.80. The fourth-order valence-corrected chi connectivity index (χ4v) is 1.69. The fraction of sp³-hybridized carbons (Fsp3) is 0.0769. The highest BCUT2D eigenvalue weighted by Crippen LogP contribution is 2.35. The lowest BCUT2D eigenvalue weighted by molar-refractivity contribution is -0.137. The molecule has 2 N–H and O–H groups in total. The fourth-order valence-electron chi connectivity index (χ4n) is 1.69. The Morgan fingerprint density at radius 2 is 1.58 bits per heavy atom. The van der Waals surface area contributed by atoms with Gasteiger partial charge in [-0.15, -0.1) is 0 Å². The molecule has 100 valence electrons. The lowest BCUT2D eigenvalue weighted by atomic mass is 10.0. The molecule has 0 fully saturated rings. The van der Waals surface area contributed by atoms with Crippen LogP contribution in [-0.2, 0) is 6.18 Å². The van der Waals surface area contributed by atoms with Gasteiger partial charge in [0.15, 0.2) is 0 Å². The van der Waals surface area contributed by atoms with Gasteiger partial charge in [0.2, 0.25) is 0 Å². The molecular weight excluding hydrogens is 265 g/mol. The third-order valence-corrected chi connectivity index (χ3v) is 2.52. The molecule has 0 unspecified atom stereocenters. The number of hydrogen-bond acceptors (Lipinski definition) is 1. The van der Waals surface area contributed by atoms with Crippen LogP contribution in [0.15, 0.2) is 36.4 Å². The monoisotopic (exact) mass is 273 g/mol. The van der Waals surface area contributed by atoms with Crippen molar-refractivity contribution in [1.82, 2.24) is 0 Å². The molecule has 0 aliphatic heterocycles. The first-order chi connectivity index (χ1) is 8.77. The molecule has 6 heteroatoms. The van der Waals surface area contributed by atoms with Gasteiger partial charge < -0.3 is 5.73 Å². The molecule has 0 bridgehead atoms. The number of rotatable bonds is 1. The Bertz CT molecular complexity index is 619. The zero-order valence-electron chi connectivity index (χ0n) is 9.43. The van der Waals surface area contributed by atoms with Gasteiger partial charge in [-0.2, -0.15) is 13.2 Å². The van der Waals surface area contributed by atoms with Crippen molar-refractivity contribution in [2.45, 2.75) is 6.18 Å². The van der Waals surface area contributed by atoms with E-state index in [9.17, 15) is 22.0 Å². The maximum atomic E-state index is 13.5. The van der Waals surface area contributed by atoms with E-state index in [0.29, 0.717) is 0 Å². The van der Waals surface area contributed by atoms with Crippen molar-refractivity contribution in [3.8, 4) is 11.1 Å². The Balaban J connectivity index is 2.63. The van der Waals surface area contributed by atoms with Crippen LogP contribution in [0, 0.1) is 11.6 Å². The minimum atomic E-state index is -4.60. The van der Waals surface area contributed by atoms with Gasteiger partial charge >= 0.3 is 6.18 Å². The average Bonchev–Trinajstić information content (AvgIpc) is 2.30. The van der Waals surface area contributed by atoms with Crippen molar-refractivity contribution in [2.75, 3.05) is 5.73 Å². The number of hydrogen-bond donors (Lipinski definition) is 1. The Morgan fingerprint density at radius 3 is 2.21 bits per heavy atom. The van der Waals surface area contributed by atoms with Crippen LogP contribution in [0.2, 0.25) is 0 Å². The molecule has 0 saturated heterocycles. The highest BCUT2D eigenvalue weighted by atomic mass is 19.4. The number of nitrogens with two attached hydrogens (primary N) is 1. The smallest absolute Gasteiger partial charge is 0.399 e. The maximum absolute atomic E-state index is 13.5. The minimum Gasteiger partial charge on any atom is -0.399 e. The summed E-state index contributed by atoms with van der Waals surface area (Å²) in [5.74, 6) is -1.56. The van der Waals surface area contributed by atoms with E-state index < -0.39 is 23.4 Å². The van der Waals surface area contributed by atoms with E-state index in [4.69, 9.17) is 5.73 Å². The van der Waals surface area contributed by atoms with Gasteiger partial charge in [-0.3, -0.25) is 0 Å². The molecule has 0 aromatic heterocycles. The van der Waals surface area contributed by atoms with E-state index in [1.54, 1.807) is 0 Å². The molecule has 2 rings (SSSR count). The summed E-state index contributed by atoms with van der Waals surface area (Å²) in [6.07, 6.45) is -4.60. The third-order valence-electron chi connectivity index (χ3n) is 2.52. The summed E-state index contributed by atoms with van der Waals surface area (Å²) in [5, 5.41) is 0. The molecule has 2 aromatic rings. The lowest BCUT2D eigenvalue weighted by Gasteiger charge is -2.11. The van der Waals surface area contributed by atoms with E-state index in [0.717, 1.165) is 36.4 Å². The van der Waals surface area contributed by atoms with Gasteiger partial charge in [0, 0.05) is 11.3 Å². The van der Waals surface area contributed by atoms with Crippen LogP contribution in [0.5, 0.6) is 0 Å². The molecular formula is C13H8F5N. The molecule has 0 spiro atoms. The second-order valence-electron chi connectivity index (χ2n) is 3.97. The summed E-state index contributed by atoms with van der Waals surface area (Å²) in [6, 6.07) is 5.18. The van der Waals surface area contributed by atoms with Gasteiger partial charge in [0.25, 0.3) is 0 Å². The molecule has 0 heterocycles. The van der Waals surface area contributed by atoms with Gasteiger partial charge in [0.1, 0.15) is 11.6 Å². The van der Waals surface area contributed by atoms with Crippen LogP contribution in [0.4, 0.5) is 27.6 Å². The minimum absolute atomic E-state index is 0.121. The number of halogens is 5. The third kappa shape index (κ3) is 2.83. The van der Waals surface area contributed by atoms with Gasteiger partial charge in [0.05, 0.1) is 5.56 Å². The molecule has 0 radical (unpaired) electrons. The molecule has 1 nitrogen and oxygen atoms in total. The summed E-state index contributed by atoms with van der Waals surface area (Å²) in [6.45, 7) is 0. The lowest BCUT2D eigenvalue weighted by Crippen LogP contribution is -2.06. The quantitative estimate of drug-likeness (QED) is 0.610. The van der Waals surface area contributed by atoms with E-state index in [-0.39, 0.29) is 16.8 Å². The molecule has 0 amide bonds. The number of nitrogen functional groups attached to an aromatic ring is 1. The van der Waals surface area contributed by atoms with Crippen LogP contribution in [0.3, 0.4) is 0 Å². The molecule has 0 saturated carbocycles. The largest absolute Gasteiger partial charge is 0.416 e. The van der Waals surface area contributed by atoms with Gasteiger partial charge in [-0.1, -0.05) is 0 Å². The first-order valence-corrected chi connectivity index (χ1v) is 5.20. The Hall–Kier alpha value is -2.11. The van der Waals surface area contributed by atoms with Crippen LogP contribution < -0.4 is 5.73 Å². The normalized spacial score (nSPS) is 11.6. The zero-order valence-corrected chi connectivity index (χ0v) is 9.43. The van der Waals surface area contributed by atoms with E-state index in [1.165, 1.54) is 0 Å². The van der Waals surface area contributed by atoms with Crippen molar-refractivity contribution in [1.29, 1.82) is 0 Å². The predicted molar refractivity (Wildman–Crippen MR) is 61.2 cm³/mol. The van der Waals surface area contributed by atoms with Crippen molar-refractivity contribution >= 4 is 5.69 Å². The Morgan fingerprint density at radius 1 is 0.895 bits per heavy atom. The van der Waals surface area contributed by atoms with Gasteiger partial charge in [-0.25, -0.2) is 8.78 Å². The second-order valence-corrected chi connectivity index (χ2v) is 3.97. The molecule has 2 aromatic carbocycles. The standard InChI is InChI=1S/C13H8F5N/c14-9-1-2-12(15)11(6-9)7-3-8(13(16,17)18)5-10(19)4-7/h1-6H,19H2. The SMILES string of the molecule is Nc1cc(-c2cc(F)ccc2F)cc(C(F)(F)F)c1. The van der Waals surface area contributed by atoms with E-state index in [1.807, 2.05) is 0 Å². The summed E-state index contributed by atoms with van der Waals surface area (Å²) in [4.78, 5) is 0. The van der Waals surface area contributed by atoms with Crippen molar-refractivity contribution in [3.05, 3.63) is 53.6 Å². The molecule has 0 aliphatic carbocycles. The average molecular weight is 273 g/mol. The zero-order chi connectivity index (χ0) is 14.2. The van der Waals surface area contributed by atoms with Crippen LogP contribution >= 0.6 is 0 Å². The highest BCUT2D eigenvalue weighted by molar-refractivity contribution is 5.69. The van der Waals surface area contributed by atoms with Crippen molar-refractivity contribution < 1.29 is 22.0 Å². The Kier molecular flexibility index (Phi) is 3.18. The highest BCUT2D eigenvalue weighted by Gasteiger charge is 2.31. The van der Waals surface area contributed by atoms with Crippen molar-refractivity contribution in [2.24, 2.45) is 0 Å². The number of alkyl halides is 3. The van der Waals surface area contributed by atoms with Crippen LogP contribution in [-0.4, -0.2) is 0 Å². The predicted octanol–water partition coefficient (Wildman–Crippen LogP) is 4.23. The summed E-state index contributed by atoms with van der Waals surface area (Å²) >= 11 is 0. The topological polar surface area (TPSA) is 26.0 Å². The van der Waals surface area contributed by atoms with Crippen molar-refractivity contribution in [3.63, 3.8) is 0 Å². The number of benzene rings is 2. The number of anilines is 1. The second kappa shape index (κ2) is 4.53. The first kappa shape index (κ1) is 13.3. The van der Waals surface area contributed by atoms with E-state index >= 15 is 0 Å². The molecule has 19 heavy (non-hydrogen) atoms. The van der Waals surface area contributed by atoms with Crippen LogP contribution in [0.1, 0.15) is 5.56 Å². The molecule has 0 aliphatic rings.